The zero-order chi connectivity index (χ0) is 15.0. The molecule has 0 spiro atoms. The van der Waals surface area contributed by atoms with Crippen LogP contribution >= 0.6 is 0 Å². The van der Waals surface area contributed by atoms with E-state index in [1.807, 2.05) is 31.2 Å². The Labute approximate surface area is 120 Å². The molecule has 0 bridgehead atoms. The minimum Gasteiger partial charge on any atom is -0.384 e. The Balaban J connectivity index is 2.12. The van der Waals surface area contributed by atoms with Crippen LogP contribution in [0.4, 0.5) is 14.6 Å². The van der Waals surface area contributed by atoms with E-state index in [4.69, 9.17) is 5.73 Å². The van der Waals surface area contributed by atoms with E-state index in [1.165, 1.54) is 16.8 Å². The molecule has 21 heavy (non-hydrogen) atoms. The minimum atomic E-state index is -0.707. The lowest BCUT2D eigenvalue weighted by Gasteiger charge is -2.05. The molecule has 1 heterocycles. The zero-order valence-corrected chi connectivity index (χ0v) is 11.3. The van der Waals surface area contributed by atoms with Gasteiger partial charge in [0.2, 0.25) is 0 Å². The fourth-order valence-corrected chi connectivity index (χ4v) is 2.23. The van der Waals surface area contributed by atoms with Crippen molar-refractivity contribution in [2.75, 3.05) is 5.73 Å². The van der Waals surface area contributed by atoms with E-state index >= 15 is 0 Å². The van der Waals surface area contributed by atoms with Gasteiger partial charge in [-0.05, 0) is 24.6 Å². The highest BCUT2D eigenvalue weighted by Gasteiger charge is 2.13. The highest BCUT2D eigenvalue weighted by atomic mass is 19.1. The van der Waals surface area contributed by atoms with Gasteiger partial charge >= 0.3 is 0 Å². The van der Waals surface area contributed by atoms with Gasteiger partial charge in [-0.15, -0.1) is 0 Å². The molecule has 3 nitrogen and oxygen atoms in total. The van der Waals surface area contributed by atoms with E-state index < -0.39 is 11.6 Å². The number of nitrogen functional groups attached to an aromatic ring is 1. The predicted molar refractivity (Wildman–Crippen MR) is 78.1 cm³/mol. The molecular formula is C16H13F2N3. The highest BCUT2D eigenvalue weighted by Crippen LogP contribution is 2.26. The highest BCUT2D eigenvalue weighted by molar-refractivity contribution is 5.66. The molecule has 106 valence electrons. The van der Waals surface area contributed by atoms with Crippen LogP contribution in [0.15, 0.2) is 48.5 Å². The summed E-state index contributed by atoms with van der Waals surface area (Å²) in [5, 5.41) is 4.33. The number of hydrogen-bond donors (Lipinski definition) is 1. The van der Waals surface area contributed by atoms with Gasteiger partial charge in [0.05, 0.1) is 5.69 Å². The third-order valence-corrected chi connectivity index (χ3v) is 3.30. The molecule has 0 fully saturated rings. The van der Waals surface area contributed by atoms with Crippen molar-refractivity contribution in [3.63, 3.8) is 0 Å². The van der Waals surface area contributed by atoms with Gasteiger partial charge < -0.3 is 5.73 Å². The molecule has 0 aliphatic carbocycles. The summed E-state index contributed by atoms with van der Waals surface area (Å²) >= 11 is 0. The first-order valence-electron chi connectivity index (χ1n) is 6.43. The Morgan fingerprint density at radius 1 is 1.05 bits per heavy atom. The van der Waals surface area contributed by atoms with Gasteiger partial charge in [-0.1, -0.05) is 24.3 Å². The molecular weight excluding hydrogens is 272 g/mol. The second kappa shape index (κ2) is 5.01. The second-order valence-corrected chi connectivity index (χ2v) is 4.78. The average molecular weight is 285 g/mol. The molecule has 0 aliphatic heterocycles. The molecule has 2 aromatic carbocycles. The number of benzene rings is 2. The van der Waals surface area contributed by atoms with Crippen molar-refractivity contribution in [2.24, 2.45) is 0 Å². The SMILES string of the molecule is Cc1ccccc1-c1cc(N)n(-c2ccc(F)cc2F)n1. The molecule has 0 aliphatic rings. The maximum Gasteiger partial charge on any atom is 0.151 e. The summed E-state index contributed by atoms with van der Waals surface area (Å²) in [5.74, 6) is -1.05. The van der Waals surface area contributed by atoms with Crippen molar-refractivity contribution in [3.8, 4) is 16.9 Å². The van der Waals surface area contributed by atoms with E-state index in [9.17, 15) is 8.78 Å². The molecule has 3 rings (SSSR count). The smallest absolute Gasteiger partial charge is 0.151 e. The monoisotopic (exact) mass is 285 g/mol. The van der Waals surface area contributed by atoms with Crippen LogP contribution in [-0.2, 0) is 0 Å². The molecule has 2 N–H and O–H groups in total. The topological polar surface area (TPSA) is 43.8 Å². The van der Waals surface area contributed by atoms with Crippen LogP contribution in [-0.4, -0.2) is 9.78 Å². The van der Waals surface area contributed by atoms with E-state index in [0.29, 0.717) is 11.5 Å². The summed E-state index contributed by atoms with van der Waals surface area (Å²) in [6.45, 7) is 1.96. The number of nitrogens with two attached hydrogens (primary N) is 1. The zero-order valence-electron chi connectivity index (χ0n) is 11.3. The van der Waals surface area contributed by atoms with Crippen LogP contribution in [0, 0.1) is 18.6 Å². The normalized spacial score (nSPS) is 10.8. The van der Waals surface area contributed by atoms with Crippen molar-refractivity contribution < 1.29 is 8.78 Å². The molecule has 0 unspecified atom stereocenters. The molecule has 0 saturated carbocycles. The third kappa shape index (κ3) is 2.38. The first kappa shape index (κ1) is 13.3. The maximum atomic E-state index is 13.9. The summed E-state index contributed by atoms with van der Waals surface area (Å²) in [7, 11) is 0. The maximum absolute atomic E-state index is 13.9. The molecule has 0 amide bonds. The van der Waals surface area contributed by atoms with Crippen LogP contribution in [0.25, 0.3) is 16.9 Å². The second-order valence-electron chi connectivity index (χ2n) is 4.78. The van der Waals surface area contributed by atoms with Gasteiger partial charge in [0.25, 0.3) is 0 Å². The number of nitrogens with zero attached hydrogens (tertiary/aromatic N) is 2. The Morgan fingerprint density at radius 3 is 2.52 bits per heavy atom. The molecule has 0 saturated heterocycles. The Morgan fingerprint density at radius 2 is 1.81 bits per heavy atom. The number of anilines is 1. The van der Waals surface area contributed by atoms with Gasteiger partial charge in [0.1, 0.15) is 17.3 Å². The fourth-order valence-electron chi connectivity index (χ4n) is 2.23. The number of hydrogen-bond acceptors (Lipinski definition) is 2. The lowest BCUT2D eigenvalue weighted by atomic mass is 10.1. The van der Waals surface area contributed by atoms with Crippen molar-refractivity contribution >= 4 is 5.82 Å². The van der Waals surface area contributed by atoms with Crippen molar-refractivity contribution in [2.45, 2.75) is 6.92 Å². The van der Waals surface area contributed by atoms with Crippen LogP contribution in [0.5, 0.6) is 0 Å². The van der Waals surface area contributed by atoms with Crippen molar-refractivity contribution in [1.29, 1.82) is 0 Å². The van der Waals surface area contributed by atoms with E-state index in [-0.39, 0.29) is 5.69 Å². The summed E-state index contributed by atoms with van der Waals surface area (Å²) in [5.41, 5.74) is 8.64. The first-order chi connectivity index (χ1) is 10.1. The molecule has 3 aromatic rings. The lowest BCUT2D eigenvalue weighted by molar-refractivity contribution is 0.574. The van der Waals surface area contributed by atoms with Crippen LogP contribution in [0.1, 0.15) is 5.56 Å². The van der Waals surface area contributed by atoms with Gasteiger partial charge in [-0.3, -0.25) is 0 Å². The quantitative estimate of drug-likeness (QED) is 0.780. The van der Waals surface area contributed by atoms with Crippen LogP contribution in [0.2, 0.25) is 0 Å². The molecule has 0 atom stereocenters. The standard InChI is InChI=1S/C16H13F2N3/c1-10-4-2-3-5-12(10)14-9-16(19)21(20-14)15-7-6-11(17)8-13(15)18/h2-9H,19H2,1H3. The predicted octanol–water partition coefficient (Wildman–Crippen LogP) is 3.71. The van der Waals surface area contributed by atoms with E-state index in [1.54, 1.807) is 6.07 Å². The largest absolute Gasteiger partial charge is 0.384 e. The molecule has 5 heteroatoms. The Bertz CT molecular complexity index is 809. The molecule has 1 aromatic heterocycles. The van der Waals surface area contributed by atoms with E-state index in [0.717, 1.165) is 17.2 Å². The number of halogens is 2. The molecule has 0 radical (unpaired) electrons. The number of aryl methyl sites for hydroxylation is 1. The summed E-state index contributed by atoms with van der Waals surface area (Å²) in [6.07, 6.45) is 0. The van der Waals surface area contributed by atoms with E-state index in [2.05, 4.69) is 5.10 Å². The van der Waals surface area contributed by atoms with Crippen LogP contribution < -0.4 is 5.73 Å². The lowest BCUT2D eigenvalue weighted by Crippen LogP contribution is -2.04. The van der Waals surface area contributed by atoms with Gasteiger partial charge in [0, 0.05) is 17.7 Å². The number of aromatic nitrogens is 2. The minimum absolute atomic E-state index is 0.119. The third-order valence-electron chi connectivity index (χ3n) is 3.30. The van der Waals surface area contributed by atoms with Crippen LogP contribution in [0.3, 0.4) is 0 Å². The van der Waals surface area contributed by atoms with Gasteiger partial charge in [0.15, 0.2) is 5.82 Å². The average Bonchev–Trinajstić information content (AvgIpc) is 2.81. The Kier molecular flexibility index (Phi) is 3.17. The van der Waals surface area contributed by atoms with Crippen molar-refractivity contribution in [3.05, 3.63) is 65.7 Å². The van der Waals surface area contributed by atoms with Gasteiger partial charge in [-0.25, -0.2) is 13.5 Å². The number of rotatable bonds is 2. The summed E-state index contributed by atoms with van der Waals surface area (Å²) in [4.78, 5) is 0. The van der Waals surface area contributed by atoms with Crippen molar-refractivity contribution in [1.82, 2.24) is 9.78 Å². The summed E-state index contributed by atoms with van der Waals surface area (Å²) in [6, 6.07) is 12.7. The first-order valence-corrected chi connectivity index (χ1v) is 6.43. The Hall–Kier alpha value is -2.69. The summed E-state index contributed by atoms with van der Waals surface area (Å²) < 4.78 is 28.1. The fraction of sp³-hybridized carbons (Fsp3) is 0.0625. The van der Waals surface area contributed by atoms with Gasteiger partial charge in [-0.2, -0.15) is 5.10 Å².